The van der Waals surface area contributed by atoms with Crippen LogP contribution in [-0.4, -0.2) is 14.7 Å². The minimum absolute atomic E-state index is 0.467. The topological polar surface area (TPSA) is 38.0 Å². The molecule has 0 amide bonds. The molecule has 1 rings (SSSR count). The second-order valence-electron chi connectivity index (χ2n) is 7.96. The molecule has 1 aromatic rings. The molecule has 0 radical (unpaired) electrons. The zero-order chi connectivity index (χ0) is 18.9. The van der Waals surface area contributed by atoms with Crippen molar-refractivity contribution in [3.05, 3.63) is 18.2 Å². The molecule has 1 heterocycles. The number of hydrogen-bond donors (Lipinski definition) is 1. The highest BCUT2D eigenvalue weighted by Gasteiger charge is 2.07. The normalized spacial score (nSPS) is 12.6. The molecule has 0 aliphatic heterocycles. The summed E-state index contributed by atoms with van der Waals surface area (Å²) in [7, 11) is 0. The third-order valence-corrected chi connectivity index (χ3v) is 5.37. The molecule has 3 heteroatoms. The van der Waals surface area contributed by atoms with E-state index in [9.17, 15) is 5.11 Å². The highest BCUT2D eigenvalue weighted by atomic mass is 16.3. The van der Waals surface area contributed by atoms with E-state index in [-0.39, 0.29) is 0 Å². The summed E-state index contributed by atoms with van der Waals surface area (Å²) in [4.78, 5) is 4.22. The number of imidazole rings is 1. The summed E-state index contributed by atoms with van der Waals surface area (Å²) in [5.74, 6) is 0.797. The van der Waals surface area contributed by atoms with Crippen LogP contribution in [-0.2, 0) is 6.54 Å². The molecule has 0 saturated carbocycles. The Hall–Kier alpha value is -0.830. The Labute approximate surface area is 162 Å². The predicted octanol–water partition coefficient (Wildman–Crippen LogP) is 7.20. The first kappa shape index (κ1) is 23.2. The summed E-state index contributed by atoms with van der Waals surface area (Å²) in [6, 6.07) is 0. The zero-order valence-electron chi connectivity index (χ0n) is 17.6. The van der Waals surface area contributed by atoms with Crippen molar-refractivity contribution in [3.63, 3.8) is 0 Å². The number of aliphatic hydroxyl groups is 1. The fraction of sp³-hybridized carbons (Fsp3) is 0.870. The van der Waals surface area contributed by atoms with Crippen LogP contribution in [0.4, 0.5) is 0 Å². The van der Waals surface area contributed by atoms with Gasteiger partial charge < -0.3 is 9.67 Å². The Balaban J connectivity index is 1.79. The van der Waals surface area contributed by atoms with Crippen LogP contribution in [0.1, 0.15) is 129 Å². The molecule has 0 aliphatic rings. The Morgan fingerprint density at radius 3 is 1.62 bits per heavy atom. The Morgan fingerprint density at radius 2 is 1.19 bits per heavy atom. The molecule has 1 N–H and O–H groups in total. The number of nitrogens with zero attached hydrogens (tertiary/aromatic N) is 2. The molecule has 0 spiro atoms. The molecule has 0 aromatic carbocycles. The molecule has 1 aromatic heterocycles. The van der Waals surface area contributed by atoms with Gasteiger partial charge in [0.05, 0.1) is 0 Å². The van der Waals surface area contributed by atoms with Crippen molar-refractivity contribution < 1.29 is 5.11 Å². The lowest BCUT2D eigenvalue weighted by molar-refractivity contribution is 0.183. The van der Waals surface area contributed by atoms with Crippen LogP contribution >= 0.6 is 0 Å². The molecular weight excluding hydrogens is 320 g/mol. The zero-order valence-corrected chi connectivity index (χ0v) is 17.6. The van der Waals surface area contributed by atoms with E-state index in [1.807, 2.05) is 6.20 Å². The van der Waals surface area contributed by atoms with E-state index < -0.39 is 6.10 Å². The van der Waals surface area contributed by atoms with Crippen molar-refractivity contribution in [2.24, 2.45) is 0 Å². The maximum absolute atomic E-state index is 9.65. The van der Waals surface area contributed by atoms with Crippen LogP contribution in [0.15, 0.2) is 12.4 Å². The molecule has 0 fully saturated rings. The fourth-order valence-electron chi connectivity index (χ4n) is 3.71. The summed E-state index contributed by atoms with van der Waals surface area (Å²) < 4.78 is 2.09. The van der Waals surface area contributed by atoms with Crippen molar-refractivity contribution in [3.8, 4) is 0 Å². The SMILES string of the molecule is CCCCCCCCCCCCCCCCCCn1ccnc1C(C)O. The monoisotopic (exact) mass is 364 g/mol. The number of unbranched alkanes of at least 4 members (excludes halogenated alkanes) is 15. The minimum Gasteiger partial charge on any atom is -0.385 e. The number of hydrogen-bond acceptors (Lipinski definition) is 2. The van der Waals surface area contributed by atoms with Crippen molar-refractivity contribution in [1.29, 1.82) is 0 Å². The van der Waals surface area contributed by atoms with E-state index in [1.54, 1.807) is 13.1 Å². The molecule has 0 bridgehead atoms. The first-order chi connectivity index (χ1) is 12.8. The summed E-state index contributed by atoms with van der Waals surface area (Å²) in [5.41, 5.74) is 0. The van der Waals surface area contributed by atoms with Crippen molar-refractivity contribution in [2.75, 3.05) is 0 Å². The molecule has 0 saturated heterocycles. The summed E-state index contributed by atoms with van der Waals surface area (Å²) in [6.45, 7) is 5.06. The third-order valence-electron chi connectivity index (χ3n) is 5.37. The Kier molecular flexibility index (Phi) is 14.6. The number of aliphatic hydroxyl groups excluding tert-OH is 1. The summed E-state index contributed by atoms with van der Waals surface area (Å²) in [5, 5.41) is 9.65. The van der Waals surface area contributed by atoms with E-state index >= 15 is 0 Å². The van der Waals surface area contributed by atoms with Crippen LogP contribution in [0.3, 0.4) is 0 Å². The van der Waals surface area contributed by atoms with Crippen LogP contribution in [0, 0.1) is 0 Å². The number of aryl methyl sites for hydroxylation is 1. The minimum atomic E-state index is -0.467. The van der Waals surface area contributed by atoms with Gasteiger partial charge in [-0.15, -0.1) is 0 Å². The van der Waals surface area contributed by atoms with Gasteiger partial charge in [-0.25, -0.2) is 4.98 Å². The molecule has 26 heavy (non-hydrogen) atoms. The molecule has 0 aliphatic carbocycles. The van der Waals surface area contributed by atoms with Gasteiger partial charge in [0.15, 0.2) is 0 Å². The van der Waals surface area contributed by atoms with E-state index in [1.165, 1.54) is 103 Å². The maximum atomic E-state index is 9.65. The van der Waals surface area contributed by atoms with E-state index in [0.717, 1.165) is 12.4 Å². The second kappa shape index (κ2) is 16.4. The molecular formula is C23H44N2O. The quantitative estimate of drug-likeness (QED) is 0.280. The highest BCUT2D eigenvalue weighted by molar-refractivity contribution is 4.94. The number of rotatable bonds is 18. The van der Waals surface area contributed by atoms with Crippen LogP contribution in [0.2, 0.25) is 0 Å². The average molecular weight is 365 g/mol. The van der Waals surface area contributed by atoms with Gasteiger partial charge in [-0.3, -0.25) is 0 Å². The standard InChI is InChI=1S/C23H44N2O/c1-3-4-5-6-7-8-9-10-11-12-13-14-15-16-17-18-20-25-21-19-24-23(25)22(2)26/h19,21-22,26H,3-18,20H2,1-2H3. The average Bonchev–Trinajstić information content (AvgIpc) is 3.10. The smallest absolute Gasteiger partial charge is 0.137 e. The molecule has 1 atom stereocenters. The second-order valence-corrected chi connectivity index (χ2v) is 7.96. The lowest BCUT2D eigenvalue weighted by Gasteiger charge is -2.09. The van der Waals surface area contributed by atoms with Crippen molar-refractivity contribution >= 4 is 0 Å². The summed E-state index contributed by atoms with van der Waals surface area (Å²) >= 11 is 0. The molecule has 152 valence electrons. The van der Waals surface area contributed by atoms with Gasteiger partial charge in [-0.2, -0.15) is 0 Å². The van der Waals surface area contributed by atoms with Gasteiger partial charge >= 0.3 is 0 Å². The van der Waals surface area contributed by atoms with Crippen molar-refractivity contribution in [2.45, 2.75) is 129 Å². The third kappa shape index (κ3) is 11.7. The van der Waals surface area contributed by atoms with Crippen LogP contribution < -0.4 is 0 Å². The van der Waals surface area contributed by atoms with Gasteiger partial charge in [-0.05, 0) is 13.3 Å². The Bertz CT molecular complexity index is 414. The van der Waals surface area contributed by atoms with Crippen LogP contribution in [0.25, 0.3) is 0 Å². The van der Waals surface area contributed by atoms with Gasteiger partial charge in [-0.1, -0.05) is 103 Å². The molecule has 1 unspecified atom stereocenters. The van der Waals surface area contributed by atoms with Crippen molar-refractivity contribution in [1.82, 2.24) is 9.55 Å². The van der Waals surface area contributed by atoms with Crippen LogP contribution in [0.5, 0.6) is 0 Å². The van der Waals surface area contributed by atoms with Gasteiger partial charge in [0, 0.05) is 18.9 Å². The van der Waals surface area contributed by atoms with Gasteiger partial charge in [0.2, 0.25) is 0 Å². The lowest BCUT2D eigenvalue weighted by atomic mass is 10.0. The first-order valence-electron chi connectivity index (χ1n) is 11.4. The highest BCUT2D eigenvalue weighted by Crippen LogP contribution is 2.15. The maximum Gasteiger partial charge on any atom is 0.137 e. The number of aromatic nitrogens is 2. The van der Waals surface area contributed by atoms with Gasteiger partial charge in [0.1, 0.15) is 11.9 Å². The van der Waals surface area contributed by atoms with Gasteiger partial charge in [0.25, 0.3) is 0 Å². The fourth-order valence-corrected chi connectivity index (χ4v) is 3.71. The lowest BCUT2D eigenvalue weighted by Crippen LogP contribution is -2.06. The predicted molar refractivity (Wildman–Crippen MR) is 112 cm³/mol. The summed E-state index contributed by atoms with van der Waals surface area (Å²) in [6.07, 6.45) is 25.7. The van der Waals surface area contributed by atoms with E-state index in [0.29, 0.717) is 0 Å². The largest absolute Gasteiger partial charge is 0.385 e. The first-order valence-corrected chi connectivity index (χ1v) is 11.4. The Morgan fingerprint density at radius 1 is 0.769 bits per heavy atom. The van der Waals surface area contributed by atoms with E-state index in [4.69, 9.17) is 0 Å². The van der Waals surface area contributed by atoms with E-state index in [2.05, 4.69) is 16.5 Å². The molecule has 3 nitrogen and oxygen atoms in total.